The molecule has 2 rings (SSSR count). The summed E-state index contributed by atoms with van der Waals surface area (Å²) in [4.78, 5) is 14.8. The highest BCUT2D eigenvalue weighted by Gasteiger charge is 2.27. The second-order valence-corrected chi connectivity index (χ2v) is 7.14. The van der Waals surface area contributed by atoms with Crippen LogP contribution in [0, 0.1) is 5.92 Å². The van der Waals surface area contributed by atoms with E-state index in [0.29, 0.717) is 22.0 Å². The van der Waals surface area contributed by atoms with Gasteiger partial charge in [0.1, 0.15) is 5.75 Å². The number of amides is 1. The van der Waals surface area contributed by atoms with Gasteiger partial charge in [-0.25, -0.2) is 0 Å². The van der Waals surface area contributed by atoms with Crippen molar-refractivity contribution < 1.29 is 9.90 Å². The van der Waals surface area contributed by atoms with Gasteiger partial charge in [-0.15, -0.1) is 0 Å². The number of phenolic OH excluding ortho intramolecular Hbond substituents is 1. The molecule has 0 unspecified atom stereocenters. The van der Waals surface area contributed by atoms with Crippen molar-refractivity contribution in [2.75, 3.05) is 6.54 Å². The molecule has 1 aliphatic carbocycles. The van der Waals surface area contributed by atoms with E-state index in [1.807, 2.05) is 4.90 Å². The van der Waals surface area contributed by atoms with Gasteiger partial charge in [0.25, 0.3) is 5.91 Å². The molecule has 3 nitrogen and oxygen atoms in total. The number of phenols is 1. The minimum Gasteiger partial charge on any atom is -0.507 e. The van der Waals surface area contributed by atoms with Gasteiger partial charge < -0.3 is 10.0 Å². The molecule has 1 saturated carbocycles. The third-order valence-electron chi connectivity index (χ3n) is 4.17. The molecule has 21 heavy (non-hydrogen) atoms. The predicted octanol–water partition coefficient (Wildman–Crippen LogP) is 4.59. The zero-order chi connectivity index (χ0) is 15.4. The van der Waals surface area contributed by atoms with Gasteiger partial charge in [-0.1, -0.05) is 26.7 Å². The zero-order valence-electron chi connectivity index (χ0n) is 12.8. The van der Waals surface area contributed by atoms with Crippen LogP contribution in [-0.4, -0.2) is 28.5 Å². The van der Waals surface area contributed by atoms with Crippen LogP contribution in [0.25, 0.3) is 0 Å². The first kappa shape index (κ1) is 16.3. The van der Waals surface area contributed by atoms with Gasteiger partial charge in [0.15, 0.2) is 0 Å². The zero-order valence-corrected chi connectivity index (χ0v) is 14.4. The molecular formula is C17H24BrNO2. The van der Waals surface area contributed by atoms with Gasteiger partial charge in [-0.2, -0.15) is 0 Å². The molecule has 0 aliphatic heterocycles. The third-order valence-corrected chi connectivity index (χ3v) is 4.84. The van der Waals surface area contributed by atoms with E-state index in [0.717, 1.165) is 25.8 Å². The van der Waals surface area contributed by atoms with Crippen molar-refractivity contribution in [1.29, 1.82) is 0 Å². The Hall–Kier alpha value is -1.03. The Labute approximate surface area is 135 Å². The van der Waals surface area contributed by atoms with Crippen LogP contribution in [0.4, 0.5) is 0 Å². The van der Waals surface area contributed by atoms with Gasteiger partial charge in [-0.05, 0) is 59.3 Å². The van der Waals surface area contributed by atoms with E-state index in [1.54, 1.807) is 18.2 Å². The van der Waals surface area contributed by atoms with E-state index in [9.17, 15) is 9.90 Å². The number of carbonyl (C=O) groups is 1. The standard InChI is InChI=1S/C17H24BrNO2/c1-12(2)9-10-19(14-5-3-4-6-14)17(21)13-7-8-15(18)16(20)11-13/h7-8,11-12,14,20H,3-6,9-10H2,1-2H3. The largest absolute Gasteiger partial charge is 0.507 e. The average molecular weight is 354 g/mol. The summed E-state index contributed by atoms with van der Waals surface area (Å²) in [6.45, 7) is 5.17. The molecule has 0 aromatic heterocycles. The SMILES string of the molecule is CC(C)CCN(C(=O)c1ccc(Br)c(O)c1)C1CCCC1. The van der Waals surface area contributed by atoms with Crippen molar-refractivity contribution in [1.82, 2.24) is 4.90 Å². The summed E-state index contributed by atoms with van der Waals surface area (Å²) in [5.41, 5.74) is 0.575. The predicted molar refractivity (Wildman–Crippen MR) is 88.6 cm³/mol. The van der Waals surface area contributed by atoms with Gasteiger partial charge in [0, 0.05) is 18.2 Å². The molecule has 0 bridgehead atoms. The summed E-state index contributed by atoms with van der Waals surface area (Å²) >= 11 is 3.26. The van der Waals surface area contributed by atoms with Crippen molar-refractivity contribution in [2.45, 2.75) is 52.0 Å². The summed E-state index contributed by atoms with van der Waals surface area (Å²) in [6, 6.07) is 5.44. The van der Waals surface area contributed by atoms with Crippen molar-refractivity contribution in [2.24, 2.45) is 5.92 Å². The third kappa shape index (κ3) is 4.22. The Morgan fingerprint density at radius 1 is 1.38 bits per heavy atom. The normalized spacial score (nSPS) is 15.6. The average Bonchev–Trinajstić information content (AvgIpc) is 2.95. The topological polar surface area (TPSA) is 40.5 Å². The number of nitrogens with zero attached hydrogens (tertiary/aromatic N) is 1. The Bertz CT molecular complexity index is 496. The molecule has 1 N–H and O–H groups in total. The van der Waals surface area contributed by atoms with Gasteiger partial charge in [0.05, 0.1) is 4.47 Å². The first-order valence-corrected chi connectivity index (χ1v) is 8.58. The number of hydrogen-bond donors (Lipinski definition) is 1. The van der Waals surface area contributed by atoms with E-state index < -0.39 is 0 Å². The smallest absolute Gasteiger partial charge is 0.254 e. The number of halogens is 1. The van der Waals surface area contributed by atoms with E-state index in [4.69, 9.17) is 0 Å². The first-order valence-electron chi connectivity index (χ1n) is 7.78. The lowest BCUT2D eigenvalue weighted by atomic mass is 10.1. The molecule has 0 atom stereocenters. The monoisotopic (exact) mass is 353 g/mol. The Kier molecular flexibility index (Phi) is 5.68. The van der Waals surface area contributed by atoms with Gasteiger partial charge in [0.2, 0.25) is 0 Å². The lowest BCUT2D eigenvalue weighted by Crippen LogP contribution is -2.40. The molecule has 4 heteroatoms. The van der Waals surface area contributed by atoms with Crippen LogP contribution in [0.3, 0.4) is 0 Å². The van der Waals surface area contributed by atoms with E-state index in [-0.39, 0.29) is 11.7 Å². The Morgan fingerprint density at radius 3 is 2.62 bits per heavy atom. The van der Waals surface area contributed by atoms with E-state index >= 15 is 0 Å². The molecule has 0 saturated heterocycles. The molecule has 1 amide bonds. The minimum atomic E-state index is 0.0466. The van der Waals surface area contributed by atoms with Crippen LogP contribution < -0.4 is 0 Å². The number of rotatable bonds is 5. The molecule has 116 valence electrons. The summed E-state index contributed by atoms with van der Waals surface area (Å²) in [5.74, 6) is 0.751. The fraction of sp³-hybridized carbons (Fsp3) is 0.588. The van der Waals surface area contributed by atoms with E-state index in [1.165, 1.54) is 12.8 Å². The Morgan fingerprint density at radius 2 is 2.05 bits per heavy atom. The molecule has 1 aromatic carbocycles. The van der Waals surface area contributed by atoms with Crippen molar-refractivity contribution in [3.8, 4) is 5.75 Å². The van der Waals surface area contributed by atoms with Gasteiger partial charge >= 0.3 is 0 Å². The summed E-state index contributed by atoms with van der Waals surface area (Å²) < 4.78 is 0.619. The van der Waals surface area contributed by atoms with Crippen LogP contribution >= 0.6 is 15.9 Å². The maximum Gasteiger partial charge on any atom is 0.254 e. The summed E-state index contributed by atoms with van der Waals surface area (Å²) in [7, 11) is 0. The number of hydrogen-bond acceptors (Lipinski definition) is 2. The van der Waals surface area contributed by atoms with Crippen molar-refractivity contribution in [3.63, 3.8) is 0 Å². The number of benzene rings is 1. The van der Waals surface area contributed by atoms with Crippen LogP contribution in [0.1, 0.15) is 56.3 Å². The highest BCUT2D eigenvalue weighted by Crippen LogP contribution is 2.28. The molecule has 0 spiro atoms. The maximum atomic E-state index is 12.8. The lowest BCUT2D eigenvalue weighted by Gasteiger charge is -2.30. The highest BCUT2D eigenvalue weighted by molar-refractivity contribution is 9.10. The summed E-state index contributed by atoms with van der Waals surface area (Å²) in [5, 5.41) is 9.80. The molecule has 1 aliphatic rings. The first-order chi connectivity index (χ1) is 9.99. The quantitative estimate of drug-likeness (QED) is 0.840. The van der Waals surface area contributed by atoms with Crippen LogP contribution in [0.5, 0.6) is 5.75 Å². The Balaban J connectivity index is 2.17. The summed E-state index contributed by atoms with van der Waals surface area (Å²) in [6.07, 6.45) is 5.65. The van der Waals surface area contributed by atoms with E-state index in [2.05, 4.69) is 29.8 Å². The molecule has 0 heterocycles. The van der Waals surface area contributed by atoms with Crippen molar-refractivity contribution in [3.05, 3.63) is 28.2 Å². The highest BCUT2D eigenvalue weighted by atomic mass is 79.9. The van der Waals surface area contributed by atoms with Crippen LogP contribution in [-0.2, 0) is 0 Å². The second-order valence-electron chi connectivity index (χ2n) is 6.29. The number of carbonyl (C=O) groups excluding carboxylic acids is 1. The molecule has 0 radical (unpaired) electrons. The number of aromatic hydroxyl groups is 1. The minimum absolute atomic E-state index is 0.0466. The fourth-order valence-electron chi connectivity index (χ4n) is 2.87. The molecular weight excluding hydrogens is 330 g/mol. The van der Waals surface area contributed by atoms with Crippen molar-refractivity contribution >= 4 is 21.8 Å². The molecule has 1 fully saturated rings. The molecule has 1 aromatic rings. The lowest BCUT2D eigenvalue weighted by molar-refractivity contribution is 0.0671. The fourth-order valence-corrected chi connectivity index (χ4v) is 3.12. The van der Waals surface area contributed by atoms with Crippen LogP contribution in [0.2, 0.25) is 0 Å². The second kappa shape index (κ2) is 7.30. The maximum absolute atomic E-state index is 12.8. The van der Waals surface area contributed by atoms with Gasteiger partial charge in [-0.3, -0.25) is 4.79 Å². The van der Waals surface area contributed by atoms with Crippen LogP contribution in [0.15, 0.2) is 22.7 Å².